The number of methoxy groups -OCH3 is 1. The fraction of sp³-hybridized carbons (Fsp3) is 0.350. The fourth-order valence-electron chi connectivity index (χ4n) is 2.97. The highest BCUT2D eigenvalue weighted by Gasteiger charge is 2.40. The van der Waals surface area contributed by atoms with Gasteiger partial charge in [0.25, 0.3) is 0 Å². The van der Waals surface area contributed by atoms with Gasteiger partial charge >= 0.3 is 0 Å². The summed E-state index contributed by atoms with van der Waals surface area (Å²) in [4.78, 5) is 4.26. The van der Waals surface area contributed by atoms with Gasteiger partial charge in [0, 0.05) is 30.8 Å². The van der Waals surface area contributed by atoms with Crippen LogP contribution in [0.1, 0.15) is 24.8 Å². The van der Waals surface area contributed by atoms with Gasteiger partial charge in [-0.2, -0.15) is 0 Å². The van der Waals surface area contributed by atoms with E-state index in [1.54, 1.807) is 20.2 Å². The number of nitrogens with zero attached hydrogens (tertiary/aromatic N) is 1. The molecular weight excluding hydrogens is 460 g/mol. The van der Waals surface area contributed by atoms with E-state index in [-0.39, 0.29) is 41.8 Å². The Bertz CT molecular complexity index is 801. The minimum atomic E-state index is -0.152. The van der Waals surface area contributed by atoms with Crippen molar-refractivity contribution in [1.82, 2.24) is 5.32 Å². The molecular formula is C20H25FIN3O2. The molecule has 0 aliphatic heterocycles. The summed E-state index contributed by atoms with van der Waals surface area (Å²) in [7, 11) is 3.32. The first-order valence-electron chi connectivity index (χ1n) is 8.71. The normalized spacial score (nSPS) is 18.3. The Labute approximate surface area is 176 Å². The van der Waals surface area contributed by atoms with Crippen molar-refractivity contribution in [1.29, 1.82) is 0 Å². The molecule has 27 heavy (non-hydrogen) atoms. The zero-order valence-electron chi connectivity index (χ0n) is 15.7. The van der Waals surface area contributed by atoms with E-state index in [9.17, 15) is 4.39 Å². The topological polar surface area (TPSA) is 54.9 Å². The van der Waals surface area contributed by atoms with Crippen molar-refractivity contribution in [2.24, 2.45) is 4.99 Å². The molecule has 0 heterocycles. The van der Waals surface area contributed by atoms with Crippen LogP contribution in [0.4, 0.5) is 10.1 Å². The molecule has 3 rings (SSSR count). The van der Waals surface area contributed by atoms with Crippen molar-refractivity contribution >= 4 is 35.6 Å². The van der Waals surface area contributed by atoms with Crippen LogP contribution in [0.2, 0.25) is 0 Å². The molecule has 2 atom stereocenters. The Balaban J connectivity index is 0.00000261. The van der Waals surface area contributed by atoms with Crippen molar-refractivity contribution < 1.29 is 13.9 Å². The molecule has 5 nitrogen and oxygen atoms in total. The lowest BCUT2D eigenvalue weighted by Gasteiger charge is -2.15. The van der Waals surface area contributed by atoms with Crippen molar-refractivity contribution in [3.05, 3.63) is 53.8 Å². The summed E-state index contributed by atoms with van der Waals surface area (Å²) in [6, 6.07) is 12.7. The summed E-state index contributed by atoms with van der Waals surface area (Å²) in [5.74, 6) is 2.01. The third-order valence-electron chi connectivity index (χ3n) is 4.37. The van der Waals surface area contributed by atoms with Crippen LogP contribution in [-0.4, -0.2) is 32.8 Å². The van der Waals surface area contributed by atoms with E-state index < -0.39 is 0 Å². The van der Waals surface area contributed by atoms with Gasteiger partial charge < -0.3 is 20.1 Å². The monoisotopic (exact) mass is 485 g/mol. The molecule has 2 aromatic rings. The van der Waals surface area contributed by atoms with Gasteiger partial charge in [-0.25, -0.2) is 4.39 Å². The summed E-state index contributed by atoms with van der Waals surface area (Å²) < 4.78 is 24.8. The maximum atomic E-state index is 13.9. The third kappa shape index (κ3) is 5.24. The lowest BCUT2D eigenvalue weighted by atomic mass is 10.1. The molecule has 1 aliphatic carbocycles. The summed E-state index contributed by atoms with van der Waals surface area (Å²) in [5, 5.41) is 6.59. The van der Waals surface area contributed by atoms with Gasteiger partial charge in [-0.1, -0.05) is 18.2 Å². The zero-order valence-corrected chi connectivity index (χ0v) is 18.0. The van der Waals surface area contributed by atoms with Gasteiger partial charge in [0.15, 0.2) is 17.5 Å². The van der Waals surface area contributed by atoms with Gasteiger partial charge in [0.1, 0.15) is 5.82 Å². The lowest BCUT2D eigenvalue weighted by Crippen LogP contribution is -2.33. The second-order valence-electron chi connectivity index (χ2n) is 6.11. The number of benzene rings is 2. The SMILES string of the molecule is CCOc1cc(NC(=NC)NC2CC2c2ccccc2F)ccc1OC.I. The van der Waals surface area contributed by atoms with Gasteiger partial charge in [-0.05, 0) is 37.1 Å². The number of hydrogen-bond acceptors (Lipinski definition) is 3. The average molecular weight is 485 g/mol. The highest BCUT2D eigenvalue weighted by Crippen LogP contribution is 2.41. The van der Waals surface area contributed by atoms with E-state index in [1.807, 2.05) is 37.3 Å². The lowest BCUT2D eigenvalue weighted by molar-refractivity contribution is 0.311. The molecule has 0 radical (unpaired) electrons. The minimum absolute atomic E-state index is 0. The van der Waals surface area contributed by atoms with E-state index in [2.05, 4.69) is 15.6 Å². The largest absolute Gasteiger partial charge is 0.493 e. The Kier molecular flexibility index (Phi) is 7.70. The van der Waals surface area contributed by atoms with Gasteiger partial charge in [0.05, 0.1) is 13.7 Å². The van der Waals surface area contributed by atoms with Crippen LogP contribution >= 0.6 is 24.0 Å². The van der Waals surface area contributed by atoms with Crippen LogP contribution in [0.5, 0.6) is 11.5 Å². The van der Waals surface area contributed by atoms with Crippen LogP contribution < -0.4 is 20.1 Å². The first kappa shape index (κ1) is 21.3. The summed E-state index contributed by atoms with van der Waals surface area (Å²) in [5.41, 5.74) is 1.59. The first-order valence-corrected chi connectivity index (χ1v) is 8.71. The van der Waals surface area contributed by atoms with Crippen molar-refractivity contribution in [3.8, 4) is 11.5 Å². The number of guanidine groups is 1. The van der Waals surface area contributed by atoms with Crippen LogP contribution in [0.15, 0.2) is 47.5 Å². The second kappa shape index (κ2) is 9.77. The Morgan fingerprint density at radius 1 is 1.22 bits per heavy atom. The molecule has 1 fully saturated rings. The number of aliphatic imine (C=N–C) groups is 1. The van der Waals surface area contributed by atoms with Crippen LogP contribution in [0.3, 0.4) is 0 Å². The molecule has 146 valence electrons. The molecule has 0 spiro atoms. The molecule has 0 bridgehead atoms. The van der Waals surface area contributed by atoms with E-state index in [4.69, 9.17) is 9.47 Å². The second-order valence-corrected chi connectivity index (χ2v) is 6.11. The van der Waals surface area contributed by atoms with Crippen LogP contribution in [-0.2, 0) is 0 Å². The molecule has 0 amide bonds. The molecule has 7 heteroatoms. The number of halogens is 2. The number of nitrogens with one attached hydrogen (secondary N) is 2. The molecule has 2 aromatic carbocycles. The highest BCUT2D eigenvalue weighted by atomic mass is 127. The Morgan fingerprint density at radius 2 is 2.00 bits per heavy atom. The maximum Gasteiger partial charge on any atom is 0.195 e. The summed E-state index contributed by atoms with van der Waals surface area (Å²) in [6.45, 7) is 2.48. The Hall–Kier alpha value is -2.03. The summed E-state index contributed by atoms with van der Waals surface area (Å²) in [6.07, 6.45) is 0.883. The summed E-state index contributed by atoms with van der Waals surface area (Å²) >= 11 is 0. The molecule has 0 saturated heterocycles. The smallest absolute Gasteiger partial charge is 0.195 e. The Morgan fingerprint density at radius 3 is 2.67 bits per heavy atom. The van der Waals surface area contributed by atoms with E-state index in [0.29, 0.717) is 24.1 Å². The number of rotatable bonds is 6. The highest BCUT2D eigenvalue weighted by molar-refractivity contribution is 14.0. The van der Waals surface area contributed by atoms with Crippen molar-refractivity contribution in [3.63, 3.8) is 0 Å². The van der Waals surface area contributed by atoms with E-state index >= 15 is 0 Å². The predicted octanol–water partition coefficient (Wildman–Crippen LogP) is 4.39. The van der Waals surface area contributed by atoms with Gasteiger partial charge in [-0.15, -0.1) is 24.0 Å². The van der Waals surface area contributed by atoms with E-state index in [0.717, 1.165) is 17.7 Å². The third-order valence-corrected chi connectivity index (χ3v) is 4.37. The van der Waals surface area contributed by atoms with Gasteiger partial charge in [0.2, 0.25) is 0 Å². The molecule has 0 aromatic heterocycles. The first-order chi connectivity index (χ1) is 12.7. The molecule has 2 unspecified atom stereocenters. The average Bonchev–Trinajstić information content (AvgIpc) is 3.41. The molecule has 1 aliphatic rings. The van der Waals surface area contributed by atoms with E-state index in [1.165, 1.54) is 6.07 Å². The van der Waals surface area contributed by atoms with Crippen LogP contribution in [0, 0.1) is 5.82 Å². The number of hydrogen-bond donors (Lipinski definition) is 2. The molecule has 2 N–H and O–H groups in total. The van der Waals surface area contributed by atoms with Crippen molar-refractivity contribution in [2.45, 2.75) is 25.3 Å². The quantitative estimate of drug-likeness (QED) is 0.362. The molecule has 1 saturated carbocycles. The standard InChI is InChI=1S/C20H24FN3O2.HI/c1-4-26-19-11-13(9-10-18(19)25-3)23-20(22-2)24-17-12-15(17)14-7-5-6-8-16(14)21;/h5-11,15,17H,4,12H2,1-3H3,(H2,22,23,24);1H. The van der Waals surface area contributed by atoms with Crippen molar-refractivity contribution in [2.75, 3.05) is 26.1 Å². The number of ether oxygens (including phenoxy) is 2. The van der Waals surface area contributed by atoms with Gasteiger partial charge in [-0.3, -0.25) is 4.99 Å². The van der Waals surface area contributed by atoms with Crippen LogP contribution in [0.25, 0.3) is 0 Å². The zero-order chi connectivity index (χ0) is 18.5. The fourth-order valence-corrected chi connectivity index (χ4v) is 2.97. The minimum Gasteiger partial charge on any atom is -0.493 e. The maximum absolute atomic E-state index is 13.9. The predicted molar refractivity (Wildman–Crippen MR) is 117 cm³/mol. The number of anilines is 1.